The summed E-state index contributed by atoms with van der Waals surface area (Å²) in [5.74, 6) is -1.30. The molecule has 1 rings (SSSR count). The number of halogens is 1. The van der Waals surface area contributed by atoms with Crippen molar-refractivity contribution in [1.29, 1.82) is 0 Å². The highest BCUT2D eigenvalue weighted by atomic mass is 79.9. The number of aliphatic hydroxyl groups excluding tert-OH is 1. The van der Waals surface area contributed by atoms with Gasteiger partial charge in [0.1, 0.15) is 6.29 Å². The molecule has 0 saturated heterocycles. The van der Waals surface area contributed by atoms with Crippen molar-refractivity contribution in [3.05, 3.63) is 33.8 Å². The molecule has 0 aliphatic rings. The van der Waals surface area contributed by atoms with Crippen LogP contribution in [-0.4, -0.2) is 22.5 Å². The maximum atomic E-state index is 10.7. The number of carboxylic acids is 1. The molecular weight excluding hydrogens is 276 g/mol. The van der Waals surface area contributed by atoms with Gasteiger partial charge in [-0.2, -0.15) is 0 Å². The van der Waals surface area contributed by atoms with E-state index in [1.807, 2.05) is 0 Å². The Morgan fingerprint density at radius 2 is 2.19 bits per heavy atom. The molecule has 0 fully saturated rings. The van der Waals surface area contributed by atoms with Crippen LogP contribution in [0.15, 0.2) is 22.7 Å². The topological polar surface area (TPSA) is 74.6 Å². The van der Waals surface area contributed by atoms with E-state index in [-0.39, 0.29) is 0 Å². The van der Waals surface area contributed by atoms with E-state index in [4.69, 9.17) is 5.11 Å². The van der Waals surface area contributed by atoms with Crippen LogP contribution in [0.4, 0.5) is 0 Å². The number of carbonyl (C=O) groups excluding carboxylic acids is 1. The molecule has 4 nitrogen and oxygen atoms in total. The Morgan fingerprint density at radius 1 is 1.50 bits per heavy atom. The lowest BCUT2D eigenvalue weighted by Crippen LogP contribution is -2.13. The van der Waals surface area contributed by atoms with Crippen molar-refractivity contribution in [2.24, 2.45) is 0 Å². The summed E-state index contributed by atoms with van der Waals surface area (Å²) in [5.41, 5.74) is 0.980. The van der Waals surface area contributed by atoms with Crippen molar-refractivity contribution in [3.8, 4) is 0 Å². The number of carboxylic acid groups (broad SMARTS) is 1. The molecule has 1 unspecified atom stereocenters. The summed E-state index contributed by atoms with van der Waals surface area (Å²) in [6.07, 6.45) is -0.0951. The van der Waals surface area contributed by atoms with Gasteiger partial charge in [0.05, 0.1) is 0 Å². The molecule has 5 heteroatoms. The third kappa shape index (κ3) is 2.90. The Bertz CT molecular complexity index is 403. The zero-order valence-electron chi connectivity index (χ0n) is 8.39. The second-order valence-corrected chi connectivity index (χ2v) is 4.11. The first kappa shape index (κ1) is 12.9. The standard InChI is InChI=1S/C11H11BrO4/c12-9-5-1-3-8(10(14)11(15)16)7(9)4-2-6-13/h1,3,5-6,10,14H,2,4H2,(H,15,16). The molecule has 0 amide bonds. The van der Waals surface area contributed by atoms with Crippen molar-refractivity contribution in [1.82, 2.24) is 0 Å². The van der Waals surface area contributed by atoms with E-state index in [1.165, 1.54) is 0 Å². The molecule has 86 valence electrons. The summed E-state index contributed by atoms with van der Waals surface area (Å²) in [7, 11) is 0. The van der Waals surface area contributed by atoms with E-state index in [9.17, 15) is 14.7 Å². The second kappa shape index (κ2) is 5.77. The maximum Gasteiger partial charge on any atom is 0.337 e. The van der Waals surface area contributed by atoms with Gasteiger partial charge >= 0.3 is 5.97 Å². The summed E-state index contributed by atoms with van der Waals surface area (Å²) in [6, 6.07) is 4.94. The first-order chi connectivity index (χ1) is 7.57. The highest BCUT2D eigenvalue weighted by Crippen LogP contribution is 2.26. The summed E-state index contributed by atoms with van der Waals surface area (Å²) in [5, 5.41) is 18.2. The first-order valence-electron chi connectivity index (χ1n) is 4.69. The van der Waals surface area contributed by atoms with Crippen molar-refractivity contribution in [2.45, 2.75) is 18.9 Å². The van der Waals surface area contributed by atoms with Crippen LogP contribution < -0.4 is 0 Å². The SMILES string of the molecule is O=CCCc1c(Br)cccc1C(O)C(=O)O. The summed E-state index contributed by atoms with van der Waals surface area (Å²) < 4.78 is 0.701. The first-order valence-corrected chi connectivity index (χ1v) is 5.49. The Morgan fingerprint density at radius 3 is 2.75 bits per heavy atom. The lowest BCUT2D eigenvalue weighted by atomic mass is 9.99. The third-order valence-corrected chi connectivity index (χ3v) is 2.94. The fraction of sp³-hybridized carbons (Fsp3) is 0.273. The van der Waals surface area contributed by atoms with Gasteiger partial charge < -0.3 is 15.0 Å². The number of benzene rings is 1. The number of rotatable bonds is 5. The van der Waals surface area contributed by atoms with Crippen molar-refractivity contribution in [3.63, 3.8) is 0 Å². The average Bonchev–Trinajstić information content (AvgIpc) is 2.26. The van der Waals surface area contributed by atoms with Crippen molar-refractivity contribution >= 4 is 28.2 Å². The van der Waals surface area contributed by atoms with Crippen LogP contribution in [0.5, 0.6) is 0 Å². The van der Waals surface area contributed by atoms with Gasteiger partial charge in [0, 0.05) is 10.9 Å². The molecule has 2 N–H and O–H groups in total. The van der Waals surface area contributed by atoms with Crippen LogP contribution in [0.2, 0.25) is 0 Å². The smallest absolute Gasteiger partial charge is 0.337 e. The molecule has 0 aliphatic heterocycles. The Hall–Kier alpha value is -1.20. The van der Waals surface area contributed by atoms with Crippen LogP contribution >= 0.6 is 15.9 Å². The van der Waals surface area contributed by atoms with Crippen LogP contribution in [-0.2, 0) is 16.0 Å². The van der Waals surface area contributed by atoms with E-state index < -0.39 is 12.1 Å². The molecule has 0 radical (unpaired) electrons. The van der Waals surface area contributed by atoms with Crippen LogP contribution in [0.1, 0.15) is 23.7 Å². The molecular formula is C11H11BrO4. The van der Waals surface area contributed by atoms with Gasteiger partial charge in [0.15, 0.2) is 6.10 Å². The average molecular weight is 287 g/mol. The fourth-order valence-corrected chi connectivity index (χ4v) is 2.01. The molecule has 0 aromatic heterocycles. The Labute approximate surface area is 101 Å². The molecule has 16 heavy (non-hydrogen) atoms. The minimum atomic E-state index is -1.56. The zero-order chi connectivity index (χ0) is 12.1. The van der Waals surface area contributed by atoms with E-state index in [1.54, 1.807) is 18.2 Å². The maximum absolute atomic E-state index is 10.7. The summed E-state index contributed by atoms with van der Waals surface area (Å²) in [6.45, 7) is 0. The van der Waals surface area contributed by atoms with Crippen LogP contribution in [0.25, 0.3) is 0 Å². The van der Waals surface area contributed by atoms with E-state index >= 15 is 0 Å². The molecule has 0 spiro atoms. The van der Waals surface area contributed by atoms with Gasteiger partial charge in [0.2, 0.25) is 0 Å². The predicted octanol–water partition coefficient (Wildman–Crippen LogP) is 1.70. The van der Waals surface area contributed by atoms with E-state index in [0.717, 1.165) is 6.29 Å². The fourth-order valence-electron chi connectivity index (χ4n) is 1.43. The van der Waals surface area contributed by atoms with E-state index in [2.05, 4.69) is 15.9 Å². The van der Waals surface area contributed by atoms with Crippen LogP contribution in [0, 0.1) is 0 Å². The summed E-state index contributed by atoms with van der Waals surface area (Å²) >= 11 is 3.27. The molecule has 1 aromatic rings. The summed E-state index contributed by atoms with van der Waals surface area (Å²) in [4.78, 5) is 21.0. The predicted molar refractivity (Wildman–Crippen MR) is 61.1 cm³/mol. The van der Waals surface area contributed by atoms with Gasteiger partial charge in [-0.25, -0.2) is 4.79 Å². The third-order valence-electron chi connectivity index (χ3n) is 2.20. The molecule has 1 aromatic carbocycles. The molecule has 1 atom stereocenters. The highest BCUT2D eigenvalue weighted by Gasteiger charge is 2.20. The van der Waals surface area contributed by atoms with Gasteiger partial charge in [-0.3, -0.25) is 0 Å². The number of aldehydes is 1. The number of hydrogen-bond acceptors (Lipinski definition) is 3. The number of aliphatic carboxylic acids is 1. The molecule has 0 aliphatic carbocycles. The molecule has 0 heterocycles. The molecule has 0 saturated carbocycles. The second-order valence-electron chi connectivity index (χ2n) is 3.25. The quantitative estimate of drug-likeness (QED) is 0.808. The normalized spacial score (nSPS) is 12.1. The lowest BCUT2D eigenvalue weighted by molar-refractivity contribution is -0.147. The van der Waals surface area contributed by atoms with Gasteiger partial charge in [-0.05, 0) is 23.6 Å². The van der Waals surface area contributed by atoms with Gasteiger partial charge in [0.25, 0.3) is 0 Å². The largest absolute Gasteiger partial charge is 0.479 e. The highest BCUT2D eigenvalue weighted by molar-refractivity contribution is 9.10. The van der Waals surface area contributed by atoms with Gasteiger partial charge in [-0.1, -0.05) is 28.1 Å². The monoisotopic (exact) mass is 286 g/mol. The Balaban J connectivity index is 3.11. The Kier molecular flexibility index (Phi) is 4.64. The minimum absolute atomic E-state index is 0.294. The number of aliphatic hydroxyl groups is 1. The zero-order valence-corrected chi connectivity index (χ0v) is 9.98. The number of carbonyl (C=O) groups is 2. The lowest BCUT2D eigenvalue weighted by Gasteiger charge is -2.13. The molecule has 0 bridgehead atoms. The number of hydrogen-bond donors (Lipinski definition) is 2. The van der Waals surface area contributed by atoms with Gasteiger partial charge in [-0.15, -0.1) is 0 Å². The minimum Gasteiger partial charge on any atom is -0.479 e. The van der Waals surface area contributed by atoms with Crippen molar-refractivity contribution < 1.29 is 19.8 Å². The van der Waals surface area contributed by atoms with Crippen molar-refractivity contribution in [2.75, 3.05) is 0 Å². The van der Waals surface area contributed by atoms with E-state index in [0.29, 0.717) is 28.4 Å². The van der Waals surface area contributed by atoms with Crippen LogP contribution in [0.3, 0.4) is 0 Å².